The van der Waals surface area contributed by atoms with Gasteiger partial charge in [0.25, 0.3) is 0 Å². The molecule has 0 bridgehead atoms. The molecule has 1 nitrogen and oxygen atoms in total. The summed E-state index contributed by atoms with van der Waals surface area (Å²) in [4.78, 5) is 0. The Kier molecular flexibility index (Phi) is 3.81. The Morgan fingerprint density at radius 3 is 2.92 bits per heavy atom. The second kappa shape index (κ2) is 4.90. The topological polar surface area (TPSA) is 9.23 Å². The van der Waals surface area contributed by atoms with Gasteiger partial charge in [0.1, 0.15) is 0 Å². The van der Waals surface area contributed by atoms with E-state index in [2.05, 4.69) is 32.1 Å². The highest BCUT2D eigenvalue weighted by Gasteiger charge is 2.02. The van der Waals surface area contributed by atoms with Crippen LogP contribution in [0.5, 0.6) is 0 Å². The molecule has 0 radical (unpaired) electrons. The molecule has 72 valence electrons. The van der Waals surface area contributed by atoms with Gasteiger partial charge in [-0.2, -0.15) is 0 Å². The third-order valence-corrected chi connectivity index (χ3v) is 2.12. The summed E-state index contributed by atoms with van der Waals surface area (Å²) in [6, 6.07) is 0. The highest BCUT2D eigenvalue weighted by atomic mass is 16.5. The minimum Gasteiger partial charge on any atom is -0.498 e. The van der Waals surface area contributed by atoms with Gasteiger partial charge in [-0.25, -0.2) is 0 Å². The first kappa shape index (κ1) is 10.1. The van der Waals surface area contributed by atoms with Gasteiger partial charge in [-0.15, -0.1) is 0 Å². The molecule has 1 heteroatoms. The van der Waals surface area contributed by atoms with Crippen LogP contribution in [0.25, 0.3) is 0 Å². The molecule has 0 aliphatic heterocycles. The minimum absolute atomic E-state index is 0.822. The van der Waals surface area contributed by atoms with E-state index in [0.29, 0.717) is 0 Å². The van der Waals surface area contributed by atoms with Crippen LogP contribution in [0.3, 0.4) is 0 Å². The van der Waals surface area contributed by atoms with Crippen molar-refractivity contribution >= 4 is 0 Å². The van der Waals surface area contributed by atoms with E-state index in [1.165, 1.54) is 11.1 Å². The lowest BCUT2D eigenvalue weighted by Crippen LogP contribution is -1.90. The van der Waals surface area contributed by atoms with Crippen LogP contribution < -0.4 is 0 Å². The number of allylic oxidation sites excluding steroid dienone is 6. The first-order valence-corrected chi connectivity index (χ1v) is 4.91. The number of hydrogen-bond donors (Lipinski definition) is 0. The van der Waals surface area contributed by atoms with Gasteiger partial charge < -0.3 is 4.74 Å². The zero-order valence-corrected chi connectivity index (χ0v) is 8.76. The monoisotopic (exact) mass is 178 g/mol. The fraction of sp³-hybridized carbons (Fsp3) is 0.500. The van der Waals surface area contributed by atoms with E-state index in [1.54, 1.807) is 0 Å². The molecule has 0 aromatic heterocycles. The molecule has 0 aromatic rings. The van der Waals surface area contributed by atoms with Gasteiger partial charge >= 0.3 is 0 Å². The van der Waals surface area contributed by atoms with Gasteiger partial charge in [0.2, 0.25) is 0 Å². The highest BCUT2D eigenvalue weighted by molar-refractivity contribution is 5.39. The molecule has 0 saturated carbocycles. The van der Waals surface area contributed by atoms with Crippen molar-refractivity contribution < 1.29 is 4.74 Å². The third kappa shape index (κ3) is 3.10. The summed E-state index contributed by atoms with van der Waals surface area (Å²) in [5.41, 5.74) is 2.74. The minimum atomic E-state index is 0.822. The molecule has 1 aliphatic rings. The number of ether oxygens (including phenoxy) is 1. The maximum Gasteiger partial charge on any atom is 0.0931 e. The first-order valence-electron chi connectivity index (χ1n) is 4.91. The Labute approximate surface area is 80.8 Å². The normalized spacial score (nSPS) is 17.0. The Morgan fingerprint density at radius 2 is 2.38 bits per heavy atom. The molecule has 0 fully saturated rings. The van der Waals surface area contributed by atoms with Crippen LogP contribution in [0.2, 0.25) is 0 Å². The average Bonchev–Trinajstić information content (AvgIpc) is 2.48. The molecule has 0 saturated heterocycles. The van der Waals surface area contributed by atoms with Gasteiger partial charge in [0.15, 0.2) is 0 Å². The summed E-state index contributed by atoms with van der Waals surface area (Å²) in [6.45, 7) is 7.10. The molecule has 0 heterocycles. The van der Waals surface area contributed by atoms with Gasteiger partial charge in [-0.05, 0) is 43.9 Å². The molecule has 13 heavy (non-hydrogen) atoms. The van der Waals surface area contributed by atoms with Gasteiger partial charge in [-0.3, -0.25) is 0 Å². The van der Waals surface area contributed by atoms with E-state index in [1.807, 2.05) is 6.92 Å². The predicted molar refractivity (Wildman–Crippen MR) is 56.5 cm³/mol. The molecule has 0 atom stereocenters. The summed E-state index contributed by atoms with van der Waals surface area (Å²) < 4.78 is 5.50. The number of hydrogen-bond acceptors (Lipinski definition) is 1. The van der Waals surface area contributed by atoms with Gasteiger partial charge in [0, 0.05) is 0 Å². The summed E-state index contributed by atoms with van der Waals surface area (Å²) >= 11 is 0. The maximum atomic E-state index is 5.50. The van der Waals surface area contributed by atoms with Crippen LogP contribution in [0.15, 0.2) is 35.1 Å². The predicted octanol–water partition coefficient (Wildman–Crippen LogP) is 3.59. The SMILES string of the molecule is CCCOC(C)=CC1=C(C)C=CC1. The van der Waals surface area contributed by atoms with Crippen LogP contribution in [0.4, 0.5) is 0 Å². The Hall–Kier alpha value is -0.980. The van der Waals surface area contributed by atoms with E-state index in [4.69, 9.17) is 4.74 Å². The van der Waals surface area contributed by atoms with E-state index in [0.717, 1.165) is 25.2 Å². The highest BCUT2D eigenvalue weighted by Crippen LogP contribution is 2.20. The Morgan fingerprint density at radius 1 is 1.62 bits per heavy atom. The van der Waals surface area contributed by atoms with Crippen molar-refractivity contribution in [3.05, 3.63) is 35.1 Å². The lowest BCUT2D eigenvalue weighted by Gasteiger charge is -2.05. The van der Waals surface area contributed by atoms with Crippen molar-refractivity contribution in [2.24, 2.45) is 0 Å². The van der Waals surface area contributed by atoms with Crippen LogP contribution in [-0.2, 0) is 4.74 Å². The van der Waals surface area contributed by atoms with Crippen molar-refractivity contribution in [1.29, 1.82) is 0 Å². The summed E-state index contributed by atoms with van der Waals surface area (Å²) in [7, 11) is 0. The van der Waals surface area contributed by atoms with Crippen LogP contribution in [0, 0.1) is 0 Å². The van der Waals surface area contributed by atoms with Crippen molar-refractivity contribution in [2.75, 3.05) is 6.61 Å². The van der Waals surface area contributed by atoms with Crippen LogP contribution in [-0.4, -0.2) is 6.61 Å². The fourth-order valence-electron chi connectivity index (χ4n) is 1.35. The zero-order chi connectivity index (χ0) is 9.68. The molecular formula is C12H18O. The standard InChI is InChI=1S/C12H18O/c1-4-8-13-11(3)9-12-7-5-6-10(12)2/h5-6,9H,4,7-8H2,1-3H3. The Bertz CT molecular complexity index is 256. The summed E-state index contributed by atoms with van der Waals surface area (Å²) in [6.07, 6.45) is 8.62. The molecule has 0 amide bonds. The molecular weight excluding hydrogens is 160 g/mol. The Balaban J connectivity index is 2.51. The summed E-state index contributed by atoms with van der Waals surface area (Å²) in [5, 5.41) is 0. The first-order chi connectivity index (χ1) is 6.24. The van der Waals surface area contributed by atoms with E-state index >= 15 is 0 Å². The van der Waals surface area contributed by atoms with E-state index in [9.17, 15) is 0 Å². The van der Waals surface area contributed by atoms with E-state index < -0.39 is 0 Å². The van der Waals surface area contributed by atoms with Crippen molar-refractivity contribution in [2.45, 2.75) is 33.6 Å². The average molecular weight is 178 g/mol. The lowest BCUT2D eigenvalue weighted by molar-refractivity contribution is 0.214. The number of rotatable bonds is 4. The smallest absolute Gasteiger partial charge is 0.0931 e. The quantitative estimate of drug-likeness (QED) is 0.598. The largest absolute Gasteiger partial charge is 0.498 e. The molecule has 0 unspecified atom stereocenters. The van der Waals surface area contributed by atoms with Crippen LogP contribution >= 0.6 is 0 Å². The van der Waals surface area contributed by atoms with Gasteiger partial charge in [0.05, 0.1) is 12.4 Å². The lowest BCUT2D eigenvalue weighted by atomic mass is 10.1. The van der Waals surface area contributed by atoms with Gasteiger partial charge in [-0.1, -0.05) is 19.1 Å². The summed E-state index contributed by atoms with van der Waals surface area (Å²) in [5.74, 6) is 1.03. The fourth-order valence-corrected chi connectivity index (χ4v) is 1.35. The second-order valence-corrected chi connectivity index (χ2v) is 3.42. The maximum absolute atomic E-state index is 5.50. The molecule has 0 aromatic carbocycles. The third-order valence-electron chi connectivity index (χ3n) is 2.12. The van der Waals surface area contributed by atoms with Crippen molar-refractivity contribution in [3.8, 4) is 0 Å². The second-order valence-electron chi connectivity index (χ2n) is 3.42. The van der Waals surface area contributed by atoms with Crippen LogP contribution in [0.1, 0.15) is 33.6 Å². The molecule has 0 N–H and O–H groups in total. The zero-order valence-electron chi connectivity index (χ0n) is 8.76. The van der Waals surface area contributed by atoms with Crippen molar-refractivity contribution in [3.63, 3.8) is 0 Å². The van der Waals surface area contributed by atoms with E-state index in [-0.39, 0.29) is 0 Å². The molecule has 1 rings (SSSR count). The molecule has 1 aliphatic carbocycles. The van der Waals surface area contributed by atoms with Crippen molar-refractivity contribution in [1.82, 2.24) is 0 Å². The molecule has 0 spiro atoms.